The zero-order valence-electron chi connectivity index (χ0n) is 13.5. The standard InChI is InChI=1S/C16H30N2O2/c1-5-18-16(13-17)9-6-7-14(16)8-10-19-11-12-20-15(2,3)4/h14,18H,5-12H2,1-4H3. The van der Waals surface area contributed by atoms with Gasteiger partial charge in [0.15, 0.2) is 0 Å². The number of ether oxygens (including phenoxy) is 2. The minimum Gasteiger partial charge on any atom is -0.379 e. The third-order valence-corrected chi connectivity index (χ3v) is 3.89. The van der Waals surface area contributed by atoms with Crippen LogP contribution in [0.15, 0.2) is 0 Å². The molecule has 0 aromatic heterocycles. The van der Waals surface area contributed by atoms with Gasteiger partial charge >= 0.3 is 0 Å². The van der Waals surface area contributed by atoms with Gasteiger partial charge in [0.2, 0.25) is 0 Å². The van der Waals surface area contributed by atoms with Crippen molar-refractivity contribution in [1.29, 1.82) is 5.26 Å². The van der Waals surface area contributed by atoms with Crippen LogP contribution in [0.4, 0.5) is 0 Å². The van der Waals surface area contributed by atoms with Crippen molar-refractivity contribution in [3.8, 4) is 6.07 Å². The predicted octanol–water partition coefficient (Wildman–Crippen LogP) is 2.88. The summed E-state index contributed by atoms with van der Waals surface area (Å²) in [6, 6.07) is 2.51. The van der Waals surface area contributed by atoms with Gasteiger partial charge in [0.1, 0.15) is 5.54 Å². The van der Waals surface area contributed by atoms with Crippen LogP contribution in [0.25, 0.3) is 0 Å². The van der Waals surface area contributed by atoms with Crippen molar-refractivity contribution in [1.82, 2.24) is 5.32 Å². The Labute approximate surface area is 123 Å². The number of nitriles is 1. The van der Waals surface area contributed by atoms with Gasteiger partial charge in [-0.3, -0.25) is 5.32 Å². The van der Waals surface area contributed by atoms with Crippen LogP contribution in [0.5, 0.6) is 0 Å². The van der Waals surface area contributed by atoms with E-state index >= 15 is 0 Å². The molecule has 20 heavy (non-hydrogen) atoms. The van der Waals surface area contributed by atoms with Gasteiger partial charge in [-0.25, -0.2) is 0 Å². The smallest absolute Gasteiger partial charge is 0.109 e. The number of rotatable bonds is 8. The van der Waals surface area contributed by atoms with Gasteiger partial charge in [0.25, 0.3) is 0 Å². The molecular weight excluding hydrogens is 252 g/mol. The third kappa shape index (κ3) is 5.40. The Bertz CT molecular complexity index is 319. The number of hydrogen-bond donors (Lipinski definition) is 1. The molecule has 1 N–H and O–H groups in total. The Kier molecular flexibility index (Phi) is 6.94. The molecule has 1 saturated carbocycles. The van der Waals surface area contributed by atoms with Gasteiger partial charge in [-0.05, 0) is 52.5 Å². The lowest BCUT2D eigenvalue weighted by atomic mass is 9.86. The van der Waals surface area contributed by atoms with E-state index in [0.717, 1.165) is 32.2 Å². The fraction of sp³-hybridized carbons (Fsp3) is 0.938. The molecule has 0 aliphatic heterocycles. The van der Waals surface area contributed by atoms with E-state index in [1.165, 1.54) is 0 Å². The van der Waals surface area contributed by atoms with Crippen LogP contribution >= 0.6 is 0 Å². The second-order valence-electron chi connectivity index (χ2n) is 6.56. The Morgan fingerprint density at radius 1 is 1.30 bits per heavy atom. The first-order chi connectivity index (χ1) is 9.43. The summed E-state index contributed by atoms with van der Waals surface area (Å²) in [5.74, 6) is 0.413. The lowest BCUT2D eigenvalue weighted by Gasteiger charge is -2.29. The molecule has 1 aliphatic carbocycles. The summed E-state index contributed by atoms with van der Waals surface area (Å²) in [7, 11) is 0. The van der Waals surface area contributed by atoms with Crippen molar-refractivity contribution in [2.24, 2.45) is 5.92 Å². The number of nitrogens with one attached hydrogen (secondary N) is 1. The van der Waals surface area contributed by atoms with Gasteiger partial charge in [-0.15, -0.1) is 0 Å². The molecule has 0 aromatic rings. The molecule has 116 valence electrons. The molecule has 0 spiro atoms. The van der Waals surface area contributed by atoms with E-state index in [1.54, 1.807) is 0 Å². The molecule has 1 rings (SSSR count). The van der Waals surface area contributed by atoms with Gasteiger partial charge in [0.05, 0.1) is 24.9 Å². The second-order valence-corrected chi connectivity index (χ2v) is 6.56. The molecule has 2 unspecified atom stereocenters. The van der Waals surface area contributed by atoms with E-state index < -0.39 is 0 Å². The summed E-state index contributed by atoms with van der Waals surface area (Å²) in [4.78, 5) is 0. The molecule has 0 amide bonds. The quantitative estimate of drug-likeness (QED) is 0.696. The summed E-state index contributed by atoms with van der Waals surface area (Å²) in [5, 5.41) is 12.9. The summed E-state index contributed by atoms with van der Waals surface area (Å²) in [5.41, 5.74) is -0.421. The van der Waals surface area contributed by atoms with Crippen LogP contribution in [0, 0.1) is 17.2 Å². The van der Waals surface area contributed by atoms with Crippen LogP contribution in [0.2, 0.25) is 0 Å². The van der Waals surface area contributed by atoms with E-state index in [9.17, 15) is 5.26 Å². The average molecular weight is 282 g/mol. The third-order valence-electron chi connectivity index (χ3n) is 3.89. The first-order valence-electron chi connectivity index (χ1n) is 7.81. The zero-order chi connectivity index (χ0) is 15.1. The predicted molar refractivity (Wildman–Crippen MR) is 80.5 cm³/mol. The Morgan fingerprint density at radius 3 is 2.65 bits per heavy atom. The van der Waals surface area contributed by atoms with E-state index in [-0.39, 0.29) is 11.1 Å². The highest BCUT2D eigenvalue weighted by atomic mass is 16.5. The van der Waals surface area contributed by atoms with Crippen molar-refractivity contribution in [3.05, 3.63) is 0 Å². The summed E-state index contributed by atoms with van der Waals surface area (Å²) < 4.78 is 11.3. The molecule has 4 heteroatoms. The van der Waals surface area contributed by atoms with Crippen molar-refractivity contribution >= 4 is 0 Å². The Morgan fingerprint density at radius 2 is 2.05 bits per heavy atom. The second kappa shape index (κ2) is 7.97. The SMILES string of the molecule is CCNC1(C#N)CCCC1CCOCCOC(C)(C)C. The van der Waals surface area contributed by atoms with Crippen molar-refractivity contribution < 1.29 is 9.47 Å². The van der Waals surface area contributed by atoms with Crippen LogP contribution in [0.1, 0.15) is 53.4 Å². The molecule has 1 fully saturated rings. The highest BCUT2D eigenvalue weighted by Gasteiger charge is 2.42. The van der Waals surface area contributed by atoms with E-state index in [2.05, 4.69) is 18.3 Å². The Balaban J connectivity index is 2.23. The number of hydrogen-bond acceptors (Lipinski definition) is 4. The van der Waals surface area contributed by atoms with Crippen molar-refractivity contribution in [2.45, 2.75) is 64.5 Å². The number of nitrogens with zero attached hydrogens (tertiary/aromatic N) is 1. The molecule has 0 heterocycles. The molecular formula is C16H30N2O2. The fourth-order valence-corrected chi connectivity index (χ4v) is 2.94. The van der Waals surface area contributed by atoms with Gasteiger partial charge < -0.3 is 9.47 Å². The molecule has 0 radical (unpaired) electrons. The fourth-order valence-electron chi connectivity index (χ4n) is 2.94. The summed E-state index contributed by atoms with van der Waals surface area (Å²) in [6.07, 6.45) is 4.19. The van der Waals surface area contributed by atoms with Gasteiger partial charge in [-0.2, -0.15) is 5.26 Å². The van der Waals surface area contributed by atoms with Crippen LogP contribution < -0.4 is 5.32 Å². The minimum absolute atomic E-state index is 0.101. The minimum atomic E-state index is -0.319. The van der Waals surface area contributed by atoms with E-state index in [0.29, 0.717) is 25.7 Å². The molecule has 0 aromatic carbocycles. The topological polar surface area (TPSA) is 54.3 Å². The summed E-state index contributed by atoms with van der Waals surface area (Å²) in [6.45, 7) is 11.0. The summed E-state index contributed by atoms with van der Waals surface area (Å²) >= 11 is 0. The van der Waals surface area contributed by atoms with E-state index in [4.69, 9.17) is 9.47 Å². The van der Waals surface area contributed by atoms with Crippen molar-refractivity contribution in [3.63, 3.8) is 0 Å². The monoisotopic (exact) mass is 282 g/mol. The highest BCUT2D eigenvalue weighted by molar-refractivity contribution is 5.13. The normalized spacial score (nSPS) is 26.6. The first-order valence-corrected chi connectivity index (χ1v) is 7.81. The van der Waals surface area contributed by atoms with Crippen LogP contribution in [-0.4, -0.2) is 37.5 Å². The molecule has 1 aliphatic rings. The van der Waals surface area contributed by atoms with Crippen LogP contribution in [0.3, 0.4) is 0 Å². The largest absolute Gasteiger partial charge is 0.379 e. The maximum Gasteiger partial charge on any atom is 0.109 e. The molecule has 0 saturated heterocycles. The molecule has 4 nitrogen and oxygen atoms in total. The maximum absolute atomic E-state index is 9.48. The molecule has 0 bridgehead atoms. The maximum atomic E-state index is 9.48. The first kappa shape index (κ1) is 17.4. The van der Waals surface area contributed by atoms with Crippen LogP contribution in [-0.2, 0) is 9.47 Å². The van der Waals surface area contributed by atoms with E-state index in [1.807, 2.05) is 20.8 Å². The zero-order valence-corrected chi connectivity index (χ0v) is 13.5. The Hall–Kier alpha value is -0.630. The molecule has 2 atom stereocenters. The average Bonchev–Trinajstić information content (AvgIpc) is 2.76. The highest BCUT2D eigenvalue weighted by Crippen LogP contribution is 2.37. The van der Waals surface area contributed by atoms with Gasteiger partial charge in [0, 0.05) is 6.61 Å². The lowest BCUT2D eigenvalue weighted by molar-refractivity contribution is -0.0366. The lowest BCUT2D eigenvalue weighted by Crippen LogP contribution is -2.47. The van der Waals surface area contributed by atoms with Crippen molar-refractivity contribution in [2.75, 3.05) is 26.4 Å². The van der Waals surface area contributed by atoms with Gasteiger partial charge in [-0.1, -0.05) is 13.3 Å².